The smallest absolute Gasteiger partial charge is 0.266 e. The van der Waals surface area contributed by atoms with Crippen LogP contribution in [-0.4, -0.2) is 40.6 Å². The second kappa shape index (κ2) is 11.3. The Hall–Kier alpha value is -3.74. The summed E-state index contributed by atoms with van der Waals surface area (Å²) in [6, 6.07) is 21.7. The monoisotopic (exact) mass is 501 g/mol. The largest absolute Gasteiger partial charge is 0.383 e. The van der Waals surface area contributed by atoms with Crippen LogP contribution in [0, 0.1) is 6.92 Å². The molecule has 4 rings (SSSR count). The molecule has 1 amide bonds. The van der Waals surface area contributed by atoms with Crippen molar-refractivity contribution in [1.29, 1.82) is 0 Å². The number of hydrogen-bond acceptors (Lipinski definition) is 4. The Labute approximate surface area is 215 Å². The van der Waals surface area contributed by atoms with Crippen LogP contribution in [0.3, 0.4) is 0 Å². The van der Waals surface area contributed by atoms with Crippen molar-refractivity contribution >= 4 is 34.5 Å². The maximum absolute atomic E-state index is 13.8. The van der Waals surface area contributed by atoms with Gasteiger partial charge in [0.15, 0.2) is 0 Å². The molecule has 36 heavy (non-hydrogen) atoms. The SMILES string of the molecule is COCCN(C(=O)/C=C/c1ccccc1)C(C)c1nc2ccccc2c(=O)n1-c1ccc(Cl)cc1C. The van der Waals surface area contributed by atoms with Crippen LogP contribution in [-0.2, 0) is 9.53 Å². The summed E-state index contributed by atoms with van der Waals surface area (Å²) in [5, 5.41) is 1.08. The van der Waals surface area contributed by atoms with Gasteiger partial charge >= 0.3 is 0 Å². The molecule has 0 bridgehead atoms. The molecule has 6 nitrogen and oxygen atoms in total. The van der Waals surface area contributed by atoms with E-state index in [4.69, 9.17) is 21.3 Å². The first kappa shape index (κ1) is 25.4. The number of benzene rings is 3. The highest BCUT2D eigenvalue weighted by Gasteiger charge is 2.26. The number of halogens is 1. The number of aryl methyl sites for hydroxylation is 1. The molecule has 7 heteroatoms. The molecule has 0 fully saturated rings. The Morgan fingerprint density at radius 2 is 1.83 bits per heavy atom. The standard InChI is InChI=1S/C29H28ClN3O3/c1-20-19-23(30)14-15-26(20)33-28(31-25-12-8-7-11-24(25)29(33)35)21(2)32(17-18-36-3)27(34)16-13-22-9-5-4-6-10-22/h4-16,19,21H,17-18H2,1-3H3/b16-13+. The summed E-state index contributed by atoms with van der Waals surface area (Å²) in [6.07, 6.45) is 3.32. The molecule has 0 radical (unpaired) electrons. The van der Waals surface area contributed by atoms with Crippen molar-refractivity contribution in [3.05, 3.63) is 111 Å². The average molecular weight is 502 g/mol. The summed E-state index contributed by atoms with van der Waals surface area (Å²) in [5.74, 6) is 0.256. The van der Waals surface area contributed by atoms with E-state index in [1.165, 1.54) is 0 Å². The predicted octanol–water partition coefficient (Wildman–Crippen LogP) is 5.60. The summed E-state index contributed by atoms with van der Waals surface area (Å²) in [6.45, 7) is 4.45. The molecule has 0 aliphatic heterocycles. The van der Waals surface area contributed by atoms with Gasteiger partial charge in [0.05, 0.1) is 29.2 Å². The second-order valence-corrected chi connectivity index (χ2v) is 8.94. The van der Waals surface area contributed by atoms with Gasteiger partial charge in [-0.05, 0) is 61.4 Å². The van der Waals surface area contributed by atoms with Gasteiger partial charge in [-0.2, -0.15) is 0 Å². The molecular formula is C29H28ClN3O3. The zero-order chi connectivity index (χ0) is 25.7. The molecule has 1 aromatic heterocycles. The van der Waals surface area contributed by atoms with Crippen molar-refractivity contribution in [1.82, 2.24) is 14.5 Å². The molecule has 0 N–H and O–H groups in total. The zero-order valence-corrected chi connectivity index (χ0v) is 21.3. The van der Waals surface area contributed by atoms with E-state index >= 15 is 0 Å². The van der Waals surface area contributed by atoms with Gasteiger partial charge in [-0.1, -0.05) is 54.1 Å². The lowest BCUT2D eigenvalue weighted by Gasteiger charge is -2.30. The third-order valence-electron chi connectivity index (χ3n) is 6.08. The normalized spacial score (nSPS) is 12.2. The van der Waals surface area contributed by atoms with Crippen molar-refractivity contribution in [2.24, 2.45) is 0 Å². The molecule has 3 aromatic carbocycles. The van der Waals surface area contributed by atoms with Crippen LogP contribution < -0.4 is 5.56 Å². The first-order valence-electron chi connectivity index (χ1n) is 11.7. The fraction of sp³-hybridized carbons (Fsp3) is 0.207. The number of fused-ring (bicyclic) bond motifs is 1. The van der Waals surface area contributed by atoms with Gasteiger partial charge in [-0.3, -0.25) is 14.2 Å². The summed E-state index contributed by atoms with van der Waals surface area (Å²) < 4.78 is 6.88. The van der Waals surface area contributed by atoms with Gasteiger partial charge in [-0.25, -0.2) is 4.98 Å². The summed E-state index contributed by atoms with van der Waals surface area (Å²) in [4.78, 5) is 33.7. The first-order chi connectivity index (χ1) is 17.4. The summed E-state index contributed by atoms with van der Waals surface area (Å²) in [7, 11) is 1.59. The number of nitrogens with zero attached hydrogens (tertiary/aromatic N) is 3. The molecule has 4 aromatic rings. The molecule has 184 valence electrons. The first-order valence-corrected chi connectivity index (χ1v) is 12.1. The number of carbonyl (C=O) groups excluding carboxylic acids is 1. The van der Waals surface area contributed by atoms with E-state index in [9.17, 15) is 9.59 Å². The average Bonchev–Trinajstić information content (AvgIpc) is 2.88. The van der Waals surface area contributed by atoms with Gasteiger partial charge < -0.3 is 9.64 Å². The minimum absolute atomic E-state index is 0.202. The fourth-order valence-corrected chi connectivity index (χ4v) is 4.41. The molecule has 1 unspecified atom stereocenters. The van der Waals surface area contributed by atoms with Gasteiger partial charge in [-0.15, -0.1) is 0 Å². The number of rotatable bonds is 8. The highest BCUT2D eigenvalue weighted by Crippen LogP contribution is 2.26. The van der Waals surface area contributed by atoms with E-state index in [1.807, 2.05) is 74.5 Å². The van der Waals surface area contributed by atoms with Gasteiger partial charge in [0, 0.05) is 24.8 Å². The summed E-state index contributed by atoms with van der Waals surface area (Å²) in [5.41, 5.74) is 2.79. The molecule has 1 heterocycles. The van der Waals surface area contributed by atoms with Crippen LogP contribution in [0.2, 0.25) is 5.02 Å². The van der Waals surface area contributed by atoms with E-state index in [0.717, 1.165) is 11.1 Å². The Morgan fingerprint density at radius 3 is 2.56 bits per heavy atom. The minimum atomic E-state index is -0.527. The highest BCUT2D eigenvalue weighted by molar-refractivity contribution is 6.30. The van der Waals surface area contributed by atoms with E-state index in [1.54, 1.807) is 40.9 Å². The van der Waals surface area contributed by atoms with Crippen molar-refractivity contribution < 1.29 is 9.53 Å². The van der Waals surface area contributed by atoms with Crippen molar-refractivity contribution in [3.8, 4) is 5.69 Å². The highest BCUT2D eigenvalue weighted by atomic mass is 35.5. The minimum Gasteiger partial charge on any atom is -0.383 e. The third kappa shape index (κ3) is 5.40. The third-order valence-corrected chi connectivity index (χ3v) is 6.31. The Bertz CT molecular complexity index is 1460. The van der Waals surface area contributed by atoms with Gasteiger partial charge in [0.1, 0.15) is 5.82 Å². The van der Waals surface area contributed by atoms with Crippen LogP contribution in [0.1, 0.15) is 29.9 Å². The zero-order valence-electron chi connectivity index (χ0n) is 20.5. The molecule has 0 saturated heterocycles. The molecule has 0 aliphatic carbocycles. The van der Waals surface area contributed by atoms with Crippen LogP contribution in [0.5, 0.6) is 0 Å². The fourth-order valence-electron chi connectivity index (χ4n) is 4.18. The number of methoxy groups -OCH3 is 1. The van der Waals surface area contributed by atoms with E-state index in [2.05, 4.69) is 0 Å². The van der Waals surface area contributed by atoms with Gasteiger partial charge in [0.25, 0.3) is 5.56 Å². The summed E-state index contributed by atoms with van der Waals surface area (Å²) >= 11 is 6.20. The van der Waals surface area contributed by atoms with E-state index < -0.39 is 6.04 Å². The lowest BCUT2D eigenvalue weighted by atomic mass is 10.1. The Balaban J connectivity index is 1.85. The van der Waals surface area contributed by atoms with E-state index in [-0.39, 0.29) is 11.5 Å². The molecule has 1 atom stereocenters. The predicted molar refractivity (Wildman–Crippen MR) is 145 cm³/mol. The number of amides is 1. The quantitative estimate of drug-likeness (QED) is 0.295. The topological polar surface area (TPSA) is 64.4 Å². The Morgan fingerprint density at radius 1 is 1.11 bits per heavy atom. The molecule has 0 aliphatic rings. The van der Waals surface area contributed by atoms with Crippen molar-refractivity contribution in [2.45, 2.75) is 19.9 Å². The maximum atomic E-state index is 13.8. The van der Waals surface area contributed by atoms with Crippen molar-refractivity contribution in [3.63, 3.8) is 0 Å². The van der Waals surface area contributed by atoms with Crippen molar-refractivity contribution in [2.75, 3.05) is 20.3 Å². The molecular weight excluding hydrogens is 474 g/mol. The number of para-hydroxylation sites is 1. The number of hydrogen-bond donors (Lipinski definition) is 0. The van der Waals surface area contributed by atoms with Gasteiger partial charge in [0.2, 0.25) is 5.91 Å². The van der Waals surface area contributed by atoms with Crippen LogP contribution in [0.15, 0.2) is 83.7 Å². The van der Waals surface area contributed by atoms with E-state index in [0.29, 0.717) is 40.6 Å². The second-order valence-electron chi connectivity index (χ2n) is 8.50. The molecule has 0 spiro atoms. The van der Waals surface area contributed by atoms with Crippen LogP contribution >= 0.6 is 11.6 Å². The lowest BCUT2D eigenvalue weighted by molar-refractivity contribution is -0.128. The molecule has 0 saturated carbocycles. The number of aromatic nitrogens is 2. The Kier molecular flexibility index (Phi) is 7.98. The van der Waals surface area contributed by atoms with Crippen LogP contribution in [0.4, 0.5) is 0 Å². The number of ether oxygens (including phenoxy) is 1. The van der Waals surface area contributed by atoms with Crippen LogP contribution in [0.25, 0.3) is 22.7 Å². The lowest BCUT2D eigenvalue weighted by Crippen LogP contribution is -2.38. The maximum Gasteiger partial charge on any atom is 0.266 e. The number of carbonyl (C=O) groups is 1.